The first-order valence-corrected chi connectivity index (χ1v) is 11.6. The summed E-state index contributed by atoms with van der Waals surface area (Å²) in [5, 5.41) is 5.76. The second kappa shape index (κ2) is 11.2. The standard InChI is InChI=1S/C24H37N5O/c1-4-7-8-9-14-25-24(30)28-22-11-10-21-23(27-22)20(17-26-21)18-12-15-29(16-13-18)19(5-2)6-3/h7-8,10-11,17-19,26H,4-6,9,12-16H2,1-3H3,(H2,25,27,28,30). The molecule has 0 radical (unpaired) electrons. The summed E-state index contributed by atoms with van der Waals surface area (Å²) in [4.78, 5) is 22.9. The molecule has 2 amide bonds. The second-order valence-electron chi connectivity index (χ2n) is 8.17. The Hall–Kier alpha value is -2.34. The summed E-state index contributed by atoms with van der Waals surface area (Å²) in [7, 11) is 0. The number of anilines is 1. The maximum absolute atomic E-state index is 12.2. The van der Waals surface area contributed by atoms with Crippen molar-refractivity contribution in [2.24, 2.45) is 0 Å². The van der Waals surface area contributed by atoms with E-state index in [1.165, 1.54) is 18.4 Å². The molecule has 30 heavy (non-hydrogen) atoms. The molecule has 2 aromatic rings. The lowest BCUT2D eigenvalue weighted by atomic mass is 9.89. The molecule has 6 nitrogen and oxygen atoms in total. The minimum absolute atomic E-state index is 0.206. The number of aromatic nitrogens is 2. The fourth-order valence-corrected chi connectivity index (χ4v) is 4.50. The number of likely N-dealkylation sites (tertiary alicyclic amines) is 1. The van der Waals surface area contributed by atoms with Crippen LogP contribution in [0.5, 0.6) is 0 Å². The molecule has 0 aromatic carbocycles. The van der Waals surface area contributed by atoms with Crippen molar-refractivity contribution >= 4 is 22.9 Å². The molecular weight excluding hydrogens is 374 g/mol. The number of carbonyl (C=O) groups excluding carboxylic acids is 1. The Morgan fingerprint density at radius 1 is 1.23 bits per heavy atom. The molecule has 0 bridgehead atoms. The Morgan fingerprint density at radius 2 is 2.00 bits per heavy atom. The second-order valence-corrected chi connectivity index (χ2v) is 8.17. The molecule has 1 fully saturated rings. The number of aromatic amines is 1. The number of allylic oxidation sites excluding steroid dienone is 1. The lowest BCUT2D eigenvalue weighted by Crippen LogP contribution is -2.40. The van der Waals surface area contributed by atoms with Crippen LogP contribution >= 0.6 is 0 Å². The largest absolute Gasteiger partial charge is 0.360 e. The van der Waals surface area contributed by atoms with E-state index in [2.05, 4.69) is 59.6 Å². The third-order valence-electron chi connectivity index (χ3n) is 6.22. The van der Waals surface area contributed by atoms with Gasteiger partial charge in [0.25, 0.3) is 0 Å². The molecule has 0 saturated carbocycles. The number of nitrogens with zero attached hydrogens (tertiary/aromatic N) is 2. The number of H-pyrrole nitrogens is 1. The van der Waals surface area contributed by atoms with Crippen LogP contribution in [0.25, 0.3) is 11.0 Å². The minimum atomic E-state index is -0.206. The molecule has 0 unspecified atom stereocenters. The Labute approximate surface area is 180 Å². The summed E-state index contributed by atoms with van der Waals surface area (Å²) in [5.41, 5.74) is 3.30. The van der Waals surface area contributed by atoms with Gasteiger partial charge in [-0.2, -0.15) is 0 Å². The molecule has 0 aliphatic carbocycles. The van der Waals surface area contributed by atoms with E-state index in [0.29, 0.717) is 24.3 Å². The summed E-state index contributed by atoms with van der Waals surface area (Å²) in [6.07, 6.45) is 12.9. The van der Waals surface area contributed by atoms with Gasteiger partial charge in [-0.15, -0.1) is 0 Å². The van der Waals surface area contributed by atoms with E-state index < -0.39 is 0 Å². The van der Waals surface area contributed by atoms with Crippen LogP contribution in [0.15, 0.2) is 30.5 Å². The number of hydrogen-bond acceptors (Lipinski definition) is 3. The maximum atomic E-state index is 12.2. The zero-order chi connectivity index (χ0) is 21.3. The van der Waals surface area contributed by atoms with Crippen LogP contribution in [0.1, 0.15) is 70.8 Å². The van der Waals surface area contributed by atoms with Gasteiger partial charge in [0.2, 0.25) is 0 Å². The van der Waals surface area contributed by atoms with Gasteiger partial charge in [-0.3, -0.25) is 5.32 Å². The molecule has 0 atom stereocenters. The number of hydrogen-bond donors (Lipinski definition) is 3. The van der Waals surface area contributed by atoms with E-state index in [9.17, 15) is 4.79 Å². The highest BCUT2D eigenvalue weighted by Gasteiger charge is 2.26. The highest BCUT2D eigenvalue weighted by atomic mass is 16.2. The molecule has 164 valence electrons. The van der Waals surface area contributed by atoms with Crippen LogP contribution in [0.2, 0.25) is 0 Å². The first kappa shape index (κ1) is 22.3. The van der Waals surface area contributed by atoms with Gasteiger partial charge in [0, 0.05) is 18.8 Å². The Kier molecular flexibility index (Phi) is 8.31. The number of urea groups is 1. The van der Waals surface area contributed by atoms with Gasteiger partial charge < -0.3 is 15.2 Å². The Balaban J connectivity index is 1.61. The van der Waals surface area contributed by atoms with Gasteiger partial charge in [-0.1, -0.05) is 32.9 Å². The fraction of sp³-hybridized carbons (Fsp3) is 0.583. The van der Waals surface area contributed by atoms with Crippen molar-refractivity contribution in [3.63, 3.8) is 0 Å². The van der Waals surface area contributed by atoms with Gasteiger partial charge in [-0.25, -0.2) is 9.78 Å². The highest BCUT2D eigenvalue weighted by Crippen LogP contribution is 2.33. The van der Waals surface area contributed by atoms with Crippen molar-refractivity contribution in [2.45, 2.75) is 71.3 Å². The summed E-state index contributed by atoms with van der Waals surface area (Å²) in [6.45, 7) is 9.60. The summed E-state index contributed by atoms with van der Waals surface area (Å²) in [5.74, 6) is 1.12. The number of amides is 2. The van der Waals surface area contributed by atoms with Crippen molar-refractivity contribution in [1.29, 1.82) is 0 Å². The number of piperidine rings is 1. The zero-order valence-corrected chi connectivity index (χ0v) is 18.7. The van der Waals surface area contributed by atoms with Gasteiger partial charge in [-0.05, 0) is 75.2 Å². The quantitative estimate of drug-likeness (QED) is 0.382. The highest BCUT2D eigenvalue weighted by molar-refractivity contribution is 5.90. The first-order valence-electron chi connectivity index (χ1n) is 11.6. The number of rotatable bonds is 9. The number of carbonyl (C=O) groups is 1. The van der Waals surface area contributed by atoms with Crippen LogP contribution in [-0.2, 0) is 0 Å². The van der Waals surface area contributed by atoms with Crippen LogP contribution in [-0.4, -0.2) is 46.6 Å². The summed E-state index contributed by atoms with van der Waals surface area (Å²) >= 11 is 0. The molecule has 6 heteroatoms. The number of pyridine rings is 1. The van der Waals surface area contributed by atoms with E-state index in [-0.39, 0.29) is 6.03 Å². The minimum Gasteiger partial charge on any atom is -0.360 e. The summed E-state index contributed by atoms with van der Waals surface area (Å²) in [6, 6.07) is 4.36. The molecule has 2 aromatic heterocycles. The average molecular weight is 412 g/mol. The number of fused-ring (bicyclic) bond motifs is 1. The normalized spacial score (nSPS) is 16.0. The average Bonchev–Trinajstić information content (AvgIpc) is 3.18. The summed E-state index contributed by atoms with van der Waals surface area (Å²) < 4.78 is 0. The number of nitrogens with one attached hydrogen (secondary N) is 3. The van der Waals surface area contributed by atoms with Crippen LogP contribution in [0.3, 0.4) is 0 Å². The van der Waals surface area contributed by atoms with Gasteiger partial charge in [0.1, 0.15) is 5.82 Å². The van der Waals surface area contributed by atoms with E-state index in [4.69, 9.17) is 4.98 Å². The van der Waals surface area contributed by atoms with E-state index in [1.54, 1.807) is 0 Å². The Morgan fingerprint density at radius 3 is 2.70 bits per heavy atom. The fourth-order valence-electron chi connectivity index (χ4n) is 4.50. The molecule has 1 saturated heterocycles. The van der Waals surface area contributed by atoms with Gasteiger partial charge >= 0.3 is 6.03 Å². The lowest BCUT2D eigenvalue weighted by Gasteiger charge is -2.36. The van der Waals surface area contributed by atoms with Gasteiger partial charge in [0.05, 0.1) is 11.0 Å². The van der Waals surface area contributed by atoms with E-state index in [0.717, 1.165) is 49.8 Å². The maximum Gasteiger partial charge on any atom is 0.320 e. The molecule has 3 rings (SSSR count). The zero-order valence-electron chi connectivity index (χ0n) is 18.7. The van der Waals surface area contributed by atoms with Crippen molar-refractivity contribution < 1.29 is 4.79 Å². The Bertz CT molecular complexity index is 831. The predicted molar refractivity (Wildman–Crippen MR) is 125 cm³/mol. The monoisotopic (exact) mass is 411 g/mol. The lowest BCUT2D eigenvalue weighted by molar-refractivity contribution is 0.144. The van der Waals surface area contributed by atoms with Crippen LogP contribution in [0, 0.1) is 0 Å². The smallest absolute Gasteiger partial charge is 0.320 e. The van der Waals surface area contributed by atoms with Crippen molar-refractivity contribution in [1.82, 2.24) is 20.2 Å². The van der Waals surface area contributed by atoms with Gasteiger partial charge in [0.15, 0.2) is 0 Å². The molecule has 3 heterocycles. The molecule has 3 N–H and O–H groups in total. The topological polar surface area (TPSA) is 73.1 Å². The van der Waals surface area contributed by atoms with Crippen LogP contribution in [0.4, 0.5) is 10.6 Å². The molecular formula is C24H37N5O. The van der Waals surface area contributed by atoms with Crippen molar-refractivity contribution in [2.75, 3.05) is 25.0 Å². The molecule has 1 aliphatic rings. The molecule has 1 aliphatic heterocycles. The van der Waals surface area contributed by atoms with Crippen molar-refractivity contribution in [3.05, 3.63) is 36.0 Å². The van der Waals surface area contributed by atoms with E-state index >= 15 is 0 Å². The predicted octanol–water partition coefficient (Wildman–Crippen LogP) is 5.41. The van der Waals surface area contributed by atoms with Crippen LogP contribution < -0.4 is 10.6 Å². The van der Waals surface area contributed by atoms with Crippen molar-refractivity contribution in [3.8, 4) is 0 Å². The first-order chi connectivity index (χ1) is 14.7. The van der Waals surface area contributed by atoms with E-state index in [1.807, 2.05) is 12.1 Å². The third-order valence-corrected chi connectivity index (χ3v) is 6.22. The third kappa shape index (κ3) is 5.63. The molecule has 0 spiro atoms. The SMILES string of the molecule is CCC=CCCNC(=O)Nc1ccc2[nH]cc(C3CCN(C(CC)CC)CC3)c2n1.